The van der Waals surface area contributed by atoms with Gasteiger partial charge in [-0.05, 0) is 43.7 Å². The van der Waals surface area contributed by atoms with Crippen LogP contribution in [0, 0.1) is 17.8 Å². The van der Waals surface area contributed by atoms with Crippen LogP contribution in [0.15, 0.2) is 55.4 Å². The van der Waals surface area contributed by atoms with Gasteiger partial charge in [0.05, 0.1) is 30.7 Å². The number of amides is 3. The molecule has 3 aromatic rings. The van der Waals surface area contributed by atoms with Gasteiger partial charge < -0.3 is 40.6 Å². The van der Waals surface area contributed by atoms with E-state index in [1.807, 2.05) is 57.4 Å². The lowest BCUT2D eigenvalue weighted by atomic mass is 9.82. The summed E-state index contributed by atoms with van der Waals surface area (Å²) >= 11 is 0. The van der Waals surface area contributed by atoms with E-state index < -0.39 is 42.0 Å². The number of aliphatic hydroxyl groups excluding tert-OH is 2. The Morgan fingerprint density at radius 1 is 0.868 bits per heavy atom. The number of carbonyl (C=O) groups excluding carboxylic acids is 3. The summed E-state index contributed by atoms with van der Waals surface area (Å²) in [6, 6.07) is 7.86. The van der Waals surface area contributed by atoms with Crippen LogP contribution in [0.25, 0.3) is 0 Å². The second-order valence-electron chi connectivity index (χ2n) is 15.4. The van der Waals surface area contributed by atoms with Crippen LogP contribution in [0.2, 0.25) is 0 Å². The fraction of sp³-hybridized carbons (Fsp3) is 0.625. The molecule has 0 bridgehead atoms. The molecule has 1 saturated carbocycles. The van der Waals surface area contributed by atoms with E-state index in [1.165, 1.54) is 12.7 Å². The van der Waals surface area contributed by atoms with Crippen LogP contribution < -0.4 is 10.6 Å². The Balaban J connectivity index is 1.47. The fourth-order valence-electron chi connectivity index (χ4n) is 7.17. The van der Waals surface area contributed by atoms with Crippen LogP contribution in [0.5, 0.6) is 0 Å². The minimum Gasteiger partial charge on any atom is -0.390 e. The normalized spacial score (nSPS) is 16.5. The van der Waals surface area contributed by atoms with Gasteiger partial charge in [0, 0.05) is 69.7 Å². The zero-order valence-electron chi connectivity index (χ0n) is 32.0. The summed E-state index contributed by atoms with van der Waals surface area (Å²) in [6.45, 7) is 5.93. The van der Waals surface area contributed by atoms with E-state index in [2.05, 4.69) is 35.5 Å². The highest BCUT2D eigenvalue weighted by atomic mass is 16.3. The Hall–Kier alpha value is -4.07. The van der Waals surface area contributed by atoms with Crippen molar-refractivity contribution in [2.45, 2.75) is 109 Å². The van der Waals surface area contributed by atoms with Gasteiger partial charge in [0.15, 0.2) is 0 Å². The molecule has 1 aromatic carbocycles. The van der Waals surface area contributed by atoms with Crippen molar-refractivity contribution in [1.29, 1.82) is 0 Å². The summed E-state index contributed by atoms with van der Waals surface area (Å²) in [4.78, 5) is 60.1. The Labute approximate surface area is 314 Å². The molecule has 1 fully saturated rings. The van der Waals surface area contributed by atoms with Crippen molar-refractivity contribution in [3.8, 4) is 0 Å². The Kier molecular flexibility index (Phi) is 17.0. The van der Waals surface area contributed by atoms with Crippen LogP contribution in [-0.2, 0) is 33.6 Å². The molecule has 6 N–H and O–H groups in total. The maximum atomic E-state index is 14.2. The van der Waals surface area contributed by atoms with Gasteiger partial charge in [-0.25, -0.2) is 9.97 Å². The molecule has 2 aromatic heterocycles. The van der Waals surface area contributed by atoms with Crippen LogP contribution in [0.1, 0.15) is 82.2 Å². The lowest BCUT2D eigenvalue weighted by Gasteiger charge is -2.34. The summed E-state index contributed by atoms with van der Waals surface area (Å²) in [5.41, 5.74) is 2.61. The second-order valence-corrected chi connectivity index (χ2v) is 15.4. The summed E-state index contributed by atoms with van der Waals surface area (Å²) < 4.78 is 0. The zero-order valence-corrected chi connectivity index (χ0v) is 32.0. The van der Waals surface area contributed by atoms with E-state index in [-0.39, 0.29) is 24.7 Å². The van der Waals surface area contributed by atoms with Crippen molar-refractivity contribution in [2.75, 3.05) is 33.7 Å². The van der Waals surface area contributed by atoms with Gasteiger partial charge in [-0.1, -0.05) is 76.3 Å². The van der Waals surface area contributed by atoms with Gasteiger partial charge >= 0.3 is 0 Å². The van der Waals surface area contributed by atoms with Gasteiger partial charge in [-0.3, -0.25) is 14.4 Å². The first kappa shape index (κ1) is 41.7. The molecule has 13 heteroatoms. The number of likely N-dealkylation sites (N-methyl/N-ethyl adjacent to an activating group) is 2. The van der Waals surface area contributed by atoms with Crippen molar-refractivity contribution in [3.05, 3.63) is 72.3 Å². The zero-order chi connectivity index (χ0) is 38.2. The first-order valence-corrected chi connectivity index (χ1v) is 19.4. The number of aromatic amines is 2. The largest absolute Gasteiger partial charge is 0.390 e. The first-order valence-electron chi connectivity index (χ1n) is 19.4. The molecule has 2 heterocycles. The highest BCUT2D eigenvalue weighted by molar-refractivity contribution is 5.91. The number of hydrogen-bond donors (Lipinski definition) is 6. The molecule has 1 aliphatic carbocycles. The number of benzene rings is 1. The number of aliphatic hydroxyl groups is 2. The topological polar surface area (TPSA) is 180 Å². The molecule has 4 rings (SSSR count). The van der Waals surface area contributed by atoms with Crippen molar-refractivity contribution >= 4 is 17.7 Å². The number of carbonyl (C=O) groups is 3. The molecule has 0 aliphatic heterocycles. The monoisotopic (exact) mass is 734 g/mol. The summed E-state index contributed by atoms with van der Waals surface area (Å²) in [7, 11) is 3.76. The van der Waals surface area contributed by atoms with Crippen LogP contribution >= 0.6 is 0 Å². The molecule has 0 radical (unpaired) electrons. The second kappa shape index (κ2) is 21.6. The number of H-pyrrole nitrogens is 2. The molecule has 0 unspecified atom stereocenters. The molecule has 1 aliphatic rings. The third kappa shape index (κ3) is 14.4. The lowest BCUT2D eigenvalue weighted by molar-refractivity contribution is -0.137. The molecule has 292 valence electrons. The number of imidazole rings is 2. The smallest absolute Gasteiger partial charge is 0.243 e. The van der Waals surface area contributed by atoms with E-state index in [1.54, 1.807) is 24.5 Å². The minimum absolute atomic E-state index is 0.0299. The van der Waals surface area contributed by atoms with Gasteiger partial charge in [-0.2, -0.15) is 0 Å². The molecular weight excluding hydrogens is 672 g/mol. The third-order valence-corrected chi connectivity index (χ3v) is 10.4. The van der Waals surface area contributed by atoms with Gasteiger partial charge in [0.2, 0.25) is 17.7 Å². The molecule has 5 atom stereocenters. The summed E-state index contributed by atoms with van der Waals surface area (Å²) in [6.07, 6.45) is 12.0. The van der Waals surface area contributed by atoms with Crippen LogP contribution in [-0.4, -0.2) is 116 Å². The average Bonchev–Trinajstić information content (AvgIpc) is 3.87. The number of rotatable bonds is 22. The van der Waals surface area contributed by atoms with Crippen LogP contribution in [0.3, 0.4) is 0 Å². The van der Waals surface area contributed by atoms with E-state index >= 15 is 0 Å². The quantitative estimate of drug-likeness (QED) is 0.0911. The van der Waals surface area contributed by atoms with Crippen molar-refractivity contribution in [3.63, 3.8) is 0 Å². The minimum atomic E-state index is -1.16. The molecule has 0 spiro atoms. The molecule has 53 heavy (non-hydrogen) atoms. The highest BCUT2D eigenvalue weighted by Gasteiger charge is 2.34. The predicted molar refractivity (Wildman–Crippen MR) is 204 cm³/mol. The molecular formula is C40H62N8O5. The van der Waals surface area contributed by atoms with Crippen molar-refractivity contribution in [2.24, 2.45) is 17.8 Å². The predicted octanol–water partition coefficient (Wildman–Crippen LogP) is 3.27. The van der Waals surface area contributed by atoms with E-state index in [4.69, 9.17) is 0 Å². The third-order valence-electron chi connectivity index (χ3n) is 10.4. The maximum Gasteiger partial charge on any atom is 0.243 e. The number of aromatic nitrogens is 4. The van der Waals surface area contributed by atoms with Gasteiger partial charge in [-0.15, -0.1) is 0 Å². The van der Waals surface area contributed by atoms with Crippen molar-refractivity contribution < 1.29 is 24.6 Å². The molecule has 3 amide bonds. The first-order chi connectivity index (χ1) is 25.5. The summed E-state index contributed by atoms with van der Waals surface area (Å²) in [5, 5.41) is 28.3. The lowest BCUT2D eigenvalue weighted by Crippen LogP contribution is -2.56. The van der Waals surface area contributed by atoms with E-state index in [0.29, 0.717) is 44.0 Å². The Bertz CT molecular complexity index is 1480. The Morgan fingerprint density at radius 3 is 2.19 bits per heavy atom. The van der Waals surface area contributed by atoms with Crippen molar-refractivity contribution in [1.82, 2.24) is 40.4 Å². The summed E-state index contributed by atoms with van der Waals surface area (Å²) in [5.74, 6) is -1.27. The van der Waals surface area contributed by atoms with Gasteiger partial charge in [0.25, 0.3) is 0 Å². The number of nitrogens with zero attached hydrogens (tertiary/aromatic N) is 4. The standard InChI is InChI=1S/C40H62N8O5/c1-28(2)19-36(49)38(51)34(21-30-13-9-6-10-14-30)45-40(53)35(23-33-25-42-27-44-33)46-39(52)31(20-29-11-7-5-8-12-29)22-37(50)48(4)18-17-47(3)16-15-32-24-41-26-43-32/h5,7-8,11-12,24-28,30-31,34-36,38,49,51H,6,9-10,13-23H2,1-4H3,(H,41,43)(H,42,44)(H,45,53)(H,46,52)/t31-,34+,35+,36+,38-/m1/s1. The molecule has 13 nitrogen and oxygen atoms in total. The Morgan fingerprint density at radius 2 is 1.55 bits per heavy atom. The highest BCUT2D eigenvalue weighted by Crippen LogP contribution is 2.29. The maximum absolute atomic E-state index is 14.2. The van der Waals surface area contributed by atoms with Gasteiger partial charge in [0.1, 0.15) is 12.1 Å². The van der Waals surface area contributed by atoms with E-state index in [9.17, 15) is 24.6 Å². The average molecular weight is 735 g/mol. The number of nitrogens with one attached hydrogen (secondary N) is 4. The van der Waals surface area contributed by atoms with Crippen LogP contribution in [0.4, 0.5) is 0 Å². The van der Waals surface area contributed by atoms with E-state index in [0.717, 1.165) is 49.9 Å². The number of hydrogen-bond acceptors (Lipinski definition) is 8. The SMILES string of the molecule is CC(C)C[C@H](O)[C@H](O)[C@H](CC1CCCCC1)NC(=O)[C@H](Cc1cnc[nH]1)NC(=O)[C@@H](CC(=O)N(C)CCN(C)CCc1cnc[nH]1)Cc1ccccc1. The fourth-order valence-corrected chi connectivity index (χ4v) is 7.17. The molecule has 0 saturated heterocycles.